The molecule has 21 heavy (non-hydrogen) atoms. The van der Waals surface area contributed by atoms with Crippen LogP contribution in [0.3, 0.4) is 0 Å². The topological polar surface area (TPSA) is 29.5 Å². The van der Waals surface area contributed by atoms with Gasteiger partial charge < -0.3 is 4.74 Å². The lowest BCUT2D eigenvalue weighted by Crippen LogP contribution is -2.35. The molecule has 1 aliphatic heterocycles. The summed E-state index contributed by atoms with van der Waals surface area (Å²) in [5.41, 5.74) is 2.88. The molecule has 0 bridgehead atoms. The lowest BCUT2D eigenvalue weighted by atomic mass is 10.1. The largest absolute Gasteiger partial charge is 0.419 e. The van der Waals surface area contributed by atoms with Gasteiger partial charge >= 0.3 is 6.09 Å². The quantitative estimate of drug-likeness (QED) is 0.824. The summed E-state index contributed by atoms with van der Waals surface area (Å²) < 4.78 is 5.53. The Morgan fingerprint density at radius 3 is 2.52 bits per heavy atom. The molecule has 3 rings (SSSR count). The fourth-order valence-electron chi connectivity index (χ4n) is 2.46. The van der Waals surface area contributed by atoms with E-state index in [1.807, 2.05) is 67.6 Å². The minimum atomic E-state index is -0.308. The molecule has 0 atom stereocenters. The highest BCUT2D eigenvalue weighted by Gasteiger charge is 2.28. The highest BCUT2D eigenvalue weighted by molar-refractivity contribution is 6.01. The number of amides is 1. The van der Waals surface area contributed by atoms with Gasteiger partial charge in [-0.25, -0.2) is 4.79 Å². The molecule has 0 spiro atoms. The van der Waals surface area contributed by atoms with Gasteiger partial charge in [-0.3, -0.25) is 4.90 Å². The van der Waals surface area contributed by atoms with E-state index in [9.17, 15) is 4.79 Å². The molecule has 0 radical (unpaired) electrons. The van der Waals surface area contributed by atoms with E-state index in [2.05, 4.69) is 0 Å². The predicted octanol–water partition coefficient (Wildman–Crippen LogP) is 4.55. The van der Waals surface area contributed by atoms with Crippen molar-refractivity contribution in [2.75, 3.05) is 11.4 Å². The Balaban J connectivity index is 2.06. The van der Waals surface area contributed by atoms with Gasteiger partial charge in [-0.15, -0.1) is 0 Å². The van der Waals surface area contributed by atoms with Gasteiger partial charge in [-0.05, 0) is 30.2 Å². The number of cyclic esters (lactones) is 1. The summed E-state index contributed by atoms with van der Waals surface area (Å²) >= 11 is 0. The number of rotatable bonds is 3. The summed E-state index contributed by atoms with van der Waals surface area (Å²) in [6.07, 6.45) is 2.49. The third-order valence-corrected chi connectivity index (χ3v) is 3.42. The zero-order valence-electron chi connectivity index (χ0n) is 12.0. The summed E-state index contributed by atoms with van der Waals surface area (Å²) in [6, 6.07) is 17.7. The Morgan fingerprint density at radius 2 is 1.76 bits per heavy atom. The maximum absolute atomic E-state index is 12.2. The molecule has 0 aliphatic carbocycles. The Bertz CT molecular complexity index is 677. The van der Waals surface area contributed by atoms with E-state index in [0.717, 1.165) is 23.2 Å². The molecule has 0 aromatic heterocycles. The minimum Gasteiger partial charge on any atom is -0.409 e. The van der Waals surface area contributed by atoms with E-state index in [4.69, 9.17) is 4.74 Å². The second-order valence-corrected chi connectivity index (χ2v) is 4.96. The summed E-state index contributed by atoms with van der Waals surface area (Å²) in [6.45, 7) is 2.71. The van der Waals surface area contributed by atoms with Gasteiger partial charge in [-0.2, -0.15) is 0 Å². The van der Waals surface area contributed by atoms with Gasteiger partial charge in [0, 0.05) is 12.1 Å². The SMILES string of the molecule is CCCN1C(=O)O/C(=C\c2ccccc2)c2ccccc21. The Labute approximate surface area is 124 Å². The van der Waals surface area contributed by atoms with Crippen LogP contribution in [-0.2, 0) is 4.74 Å². The molecule has 106 valence electrons. The van der Waals surface area contributed by atoms with E-state index in [-0.39, 0.29) is 6.09 Å². The van der Waals surface area contributed by atoms with Gasteiger partial charge in [0.2, 0.25) is 0 Å². The molecule has 2 aromatic rings. The molecule has 0 N–H and O–H groups in total. The normalized spacial score (nSPS) is 15.8. The number of hydrogen-bond acceptors (Lipinski definition) is 2. The van der Waals surface area contributed by atoms with Crippen molar-refractivity contribution in [2.24, 2.45) is 0 Å². The van der Waals surface area contributed by atoms with Gasteiger partial charge in [0.05, 0.1) is 5.69 Å². The third-order valence-electron chi connectivity index (χ3n) is 3.42. The first-order chi connectivity index (χ1) is 10.3. The standard InChI is InChI=1S/C18H17NO2/c1-2-12-19-16-11-7-6-10-15(16)17(21-18(19)20)13-14-8-4-3-5-9-14/h3-11,13H,2,12H2,1H3/b17-13-. The summed E-state index contributed by atoms with van der Waals surface area (Å²) in [5, 5.41) is 0. The molecule has 0 fully saturated rings. The molecule has 1 heterocycles. The van der Waals surface area contributed by atoms with Gasteiger partial charge in [0.15, 0.2) is 0 Å². The second-order valence-electron chi connectivity index (χ2n) is 4.96. The maximum Gasteiger partial charge on any atom is 0.419 e. The van der Waals surface area contributed by atoms with Crippen molar-refractivity contribution in [3.63, 3.8) is 0 Å². The summed E-state index contributed by atoms with van der Waals surface area (Å²) in [7, 11) is 0. The van der Waals surface area contributed by atoms with E-state index in [0.29, 0.717) is 12.3 Å². The Kier molecular flexibility index (Phi) is 3.73. The molecule has 3 nitrogen and oxygen atoms in total. The zero-order valence-corrected chi connectivity index (χ0v) is 12.0. The number of anilines is 1. The molecular weight excluding hydrogens is 262 g/mol. The van der Waals surface area contributed by atoms with Crippen molar-refractivity contribution < 1.29 is 9.53 Å². The number of ether oxygens (including phenoxy) is 1. The lowest BCUT2D eigenvalue weighted by molar-refractivity contribution is 0.197. The van der Waals surface area contributed by atoms with Crippen LogP contribution in [0.5, 0.6) is 0 Å². The van der Waals surface area contributed by atoms with Crippen molar-refractivity contribution in [2.45, 2.75) is 13.3 Å². The third kappa shape index (κ3) is 2.68. The highest BCUT2D eigenvalue weighted by Crippen LogP contribution is 2.34. The van der Waals surface area contributed by atoms with Crippen molar-refractivity contribution in [1.29, 1.82) is 0 Å². The van der Waals surface area contributed by atoms with Gasteiger partial charge in [0.25, 0.3) is 0 Å². The number of hydrogen-bond donors (Lipinski definition) is 0. The zero-order chi connectivity index (χ0) is 14.7. The van der Waals surface area contributed by atoms with Crippen LogP contribution in [0.2, 0.25) is 0 Å². The van der Waals surface area contributed by atoms with Crippen LogP contribution in [0, 0.1) is 0 Å². The molecule has 1 aliphatic rings. The molecule has 2 aromatic carbocycles. The van der Waals surface area contributed by atoms with Crippen molar-refractivity contribution >= 4 is 23.6 Å². The van der Waals surface area contributed by atoms with Crippen LogP contribution in [0.1, 0.15) is 24.5 Å². The average Bonchev–Trinajstić information content (AvgIpc) is 2.52. The number of nitrogens with zero attached hydrogens (tertiary/aromatic N) is 1. The van der Waals surface area contributed by atoms with E-state index in [1.165, 1.54) is 0 Å². The smallest absolute Gasteiger partial charge is 0.409 e. The van der Waals surface area contributed by atoms with Crippen LogP contribution in [-0.4, -0.2) is 12.6 Å². The number of para-hydroxylation sites is 1. The Hall–Kier alpha value is -2.55. The average molecular weight is 279 g/mol. The van der Waals surface area contributed by atoms with Gasteiger partial charge in [0.1, 0.15) is 5.76 Å². The summed E-state index contributed by atoms with van der Waals surface area (Å²) in [4.78, 5) is 13.9. The molecule has 0 unspecified atom stereocenters. The van der Waals surface area contributed by atoms with E-state index < -0.39 is 0 Å². The second kappa shape index (κ2) is 5.83. The molecule has 0 saturated carbocycles. The Morgan fingerprint density at radius 1 is 1.05 bits per heavy atom. The fourth-order valence-corrected chi connectivity index (χ4v) is 2.46. The minimum absolute atomic E-state index is 0.308. The first-order valence-electron chi connectivity index (χ1n) is 7.15. The molecule has 0 saturated heterocycles. The van der Waals surface area contributed by atoms with Crippen LogP contribution in [0.25, 0.3) is 11.8 Å². The van der Waals surface area contributed by atoms with Crippen LogP contribution < -0.4 is 4.90 Å². The number of carbonyl (C=O) groups excluding carboxylic acids is 1. The van der Waals surface area contributed by atoms with Gasteiger partial charge in [-0.1, -0.05) is 49.4 Å². The van der Waals surface area contributed by atoms with Crippen LogP contribution in [0.4, 0.5) is 10.5 Å². The van der Waals surface area contributed by atoms with Crippen LogP contribution >= 0.6 is 0 Å². The number of benzene rings is 2. The first kappa shape index (κ1) is 13.4. The number of fused-ring (bicyclic) bond motifs is 1. The van der Waals surface area contributed by atoms with Crippen LogP contribution in [0.15, 0.2) is 54.6 Å². The lowest BCUT2D eigenvalue weighted by Gasteiger charge is -2.29. The van der Waals surface area contributed by atoms with Crippen molar-refractivity contribution in [3.8, 4) is 0 Å². The monoisotopic (exact) mass is 279 g/mol. The molecule has 1 amide bonds. The molecule has 3 heteroatoms. The fraction of sp³-hybridized carbons (Fsp3) is 0.167. The van der Waals surface area contributed by atoms with E-state index >= 15 is 0 Å². The first-order valence-corrected chi connectivity index (χ1v) is 7.15. The highest BCUT2D eigenvalue weighted by atomic mass is 16.6. The van der Waals surface area contributed by atoms with E-state index in [1.54, 1.807) is 4.90 Å². The van der Waals surface area contributed by atoms with Crippen molar-refractivity contribution in [1.82, 2.24) is 0 Å². The summed E-state index contributed by atoms with van der Waals surface area (Å²) in [5.74, 6) is 0.606. The maximum atomic E-state index is 12.2. The predicted molar refractivity (Wildman–Crippen MR) is 84.9 cm³/mol. The number of carbonyl (C=O) groups is 1. The van der Waals surface area contributed by atoms with Crippen molar-refractivity contribution in [3.05, 3.63) is 65.7 Å². The molecular formula is C18H17NO2.